The highest BCUT2D eigenvalue weighted by Crippen LogP contribution is 2.29. The maximum atomic E-state index is 12.2. The Hall–Kier alpha value is -1.88. The summed E-state index contributed by atoms with van der Waals surface area (Å²) in [5.74, 6) is -0.700. The van der Waals surface area contributed by atoms with Crippen LogP contribution >= 0.6 is 0 Å². The quantitative estimate of drug-likeness (QED) is 0.765. The van der Waals surface area contributed by atoms with E-state index in [1.54, 1.807) is 18.2 Å². The van der Waals surface area contributed by atoms with Gasteiger partial charge in [0.1, 0.15) is 0 Å². The number of aryl methyl sites for hydroxylation is 1. The van der Waals surface area contributed by atoms with E-state index in [-0.39, 0.29) is 5.91 Å². The van der Waals surface area contributed by atoms with Gasteiger partial charge in [-0.1, -0.05) is 18.9 Å². The predicted molar refractivity (Wildman–Crippen MR) is 73.7 cm³/mol. The minimum Gasteiger partial charge on any atom is -0.366 e. The van der Waals surface area contributed by atoms with Crippen molar-refractivity contribution in [2.45, 2.75) is 38.1 Å². The van der Waals surface area contributed by atoms with Gasteiger partial charge in [-0.15, -0.1) is 0 Å². The molecule has 5 nitrogen and oxygen atoms in total. The molecular formula is C14H19N3O2. The van der Waals surface area contributed by atoms with Gasteiger partial charge in [-0.05, 0) is 37.5 Å². The molecule has 0 saturated heterocycles. The molecular weight excluding hydrogens is 242 g/mol. The van der Waals surface area contributed by atoms with Gasteiger partial charge < -0.3 is 16.8 Å². The molecule has 0 spiro atoms. The van der Waals surface area contributed by atoms with E-state index < -0.39 is 11.4 Å². The highest BCUT2D eigenvalue weighted by atomic mass is 16.2. The van der Waals surface area contributed by atoms with E-state index in [4.69, 9.17) is 11.5 Å². The van der Waals surface area contributed by atoms with Crippen molar-refractivity contribution < 1.29 is 9.59 Å². The molecule has 5 heteroatoms. The summed E-state index contributed by atoms with van der Waals surface area (Å²) in [6, 6.07) is 4.99. The number of benzene rings is 1. The van der Waals surface area contributed by atoms with Gasteiger partial charge in [0, 0.05) is 11.3 Å². The van der Waals surface area contributed by atoms with Crippen LogP contribution < -0.4 is 16.8 Å². The lowest BCUT2D eigenvalue weighted by Gasteiger charge is -2.23. The van der Waals surface area contributed by atoms with Crippen molar-refractivity contribution in [3.63, 3.8) is 0 Å². The van der Waals surface area contributed by atoms with Crippen LogP contribution in [0.15, 0.2) is 18.2 Å². The molecule has 1 aliphatic rings. The van der Waals surface area contributed by atoms with Crippen molar-refractivity contribution in [2.75, 3.05) is 5.32 Å². The van der Waals surface area contributed by atoms with Gasteiger partial charge in [0.2, 0.25) is 11.8 Å². The maximum Gasteiger partial charge on any atom is 0.248 e. The first-order valence-corrected chi connectivity index (χ1v) is 6.43. The van der Waals surface area contributed by atoms with Gasteiger partial charge in [-0.2, -0.15) is 0 Å². The molecule has 0 unspecified atom stereocenters. The molecule has 2 rings (SSSR count). The Morgan fingerprint density at radius 3 is 2.47 bits per heavy atom. The number of amides is 2. The summed E-state index contributed by atoms with van der Waals surface area (Å²) in [6.45, 7) is 1.86. The normalized spacial score (nSPS) is 17.2. The van der Waals surface area contributed by atoms with E-state index in [1.807, 2.05) is 6.92 Å². The first-order chi connectivity index (χ1) is 8.92. The Morgan fingerprint density at radius 2 is 1.89 bits per heavy atom. The second-order valence-corrected chi connectivity index (χ2v) is 5.21. The minimum atomic E-state index is -0.783. The van der Waals surface area contributed by atoms with Crippen molar-refractivity contribution in [3.05, 3.63) is 29.3 Å². The smallest absolute Gasteiger partial charge is 0.248 e. The molecule has 1 aliphatic carbocycles. The van der Waals surface area contributed by atoms with Crippen molar-refractivity contribution in [1.29, 1.82) is 0 Å². The number of rotatable bonds is 3. The van der Waals surface area contributed by atoms with Crippen LogP contribution in [0.2, 0.25) is 0 Å². The zero-order chi connectivity index (χ0) is 14.0. The van der Waals surface area contributed by atoms with Gasteiger partial charge >= 0.3 is 0 Å². The van der Waals surface area contributed by atoms with Crippen LogP contribution in [0.4, 0.5) is 5.69 Å². The maximum absolute atomic E-state index is 12.2. The molecule has 19 heavy (non-hydrogen) atoms. The van der Waals surface area contributed by atoms with Crippen molar-refractivity contribution >= 4 is 17.5 Å². The van der Waals surface area contributed by atoms with Crippen molar-refractivity contribution in [3.8, 4) is 0 Å². The van der Waals surface area contributed by atoms with Crippen LogP contribution in [-0.4, -0.2) is 17.4 Å². The van der Waals surface area contributed by atoms with Crippen LogP contribution in [0, 0.1) is 6.92 Å². The van der Waals surface area contributed by atoms with E-state index in [0.29, 0.717) is 24.1 Å². The fourth-order valence-electron chi connectivity index (χ4n) is 2.39. The number of carbonyl (C=O) groups is 2. The summed E-state index contributed by atoms with van der Waals surface area (Å²) in [5, 5.41) is 2.82. The number of carbonyl (C=O) groups excluding carboxylic acids is 2. The zero-order valence-corrected chi connectivity index (χ0v) is 11.0. The molecule has 1 fully saturated rings. The number of anilines is 1. The number of hydrogen-bond acceptors (Lipinski definition) is 3. The lowest BCUT2D eigenvalue weighted by atomic mass is 9.97. The second-order valence-electron chi connectivity index (χ2n) is 5.21. The Morgan fingerprint density at radius 1 is 1.26 bits per heavy atom. The summed E-state index contributed by atoms with van der Waals surface area (Å²) < 4.78 is 0. The highest BCUT2D eigenvalue weighted by Gasteiger charge is 2.37. The average molecular weight is 261 g/mol. The first-order valence-electron chi connectivity index (χ1n) is 6.43. The second kappa shape index (κ2) is 5.01. The Kier molecular flexibility index (Phi) is 3.57. The number of nitrogens with one attached hydrogen (secondary N) is 1. The fraction of sp³-hybridized carbons (Fsp3) is 0.429. The van der Waals surface area contributed by atoms with Crippen LogP contribution in [0.1, 0.15) is 41.6 Å². The Labute approximate surface area is 112 Å². The van der Waals surface area contributed by atoms with Crippen molar-refractivity contribution in [1.82, 2.24) is 0 Å². The number of hydrogen-bond donors (Lipinski definition) is 3. The molecule has 1 saturated carbocycles. The molecule has 1 aromatic rings. The van der Waals surface area contributed by atoms with E-state index in [1.165, 1.54) is 0 Å². The predicted octanol–water partition coefficient (Wildman–Crippen LogP) is 1.30. The molecule has 0 atom stereocenters. The van der Waals surface area contributed by atoms with Gasteiger partial charge in [-0.25, -0.2) is 0 Å². The summed E-state index contributed by atoms with van der Waals surface area (Å²) in [4.78, 5) is 23.4. The fourth-order valence-corrected chi connectivity index (χ4v) is 2.39. The lowest BCUT2D eigenvalue weighted by molar-refractivity contribution is -0.121. The molecule has 0 aliphatic heterocycles. The van der Waals surface area contributed by atoms with Crippen LogP contribution in [0.3, 0.4) is 0 Å². The van der Waals surface area contributed by atoms with E-state index in [2.05, 4.69) is 5.32 Å². The number of primary amides is 1. The average Bonchev–Trinajstić information content (AvgIpc) is 2.80. The Balaban J connectivity index is 2.20. The molecule has 5 N–H and O–H groups in total. The first kappa shape index (κ1) is 13.5. The van der Waals surface area contributed by atoms with Gasteiger partial charge in [0.05, 0.1) is 5.54 Å². The summed E-state index contributed by atoms with van der Waals surface area (Å²) in [6.07, 6.45) is 3.36. The molecule has 1 aromatic carbocycles. The van der Waals surface area contributed by atoms with E-state index >= 15 is 0 Å². The third-order valence-corrected chi connectivity index (χ3v) is 3.72. The summed E-state index contributed by atoms with van der Waals surface area (Å²) in [5.41, 5.74) is 12.4. The molecule has 102 valence electrons. The lowest BCUT2D eigenvalue weighted by Crippen LogP contribution is -2.48. The molecule has 0 aromatic heterocycles. The molecule has 2 amide bonds. The van der Waals surface area contributed by atoms with Gasteiger partial charge in [0.15, 0.2) is 0 Å². The van der Waals surface area contributed by atoms with Crippen LogP contribution in [-0.2, 0) is 4.79 Å². The summed E-state index contributed by atoms with van der Waals surface area (Å²) in [7, 11) is 0. The van der Waals surface area contributed by atoms with E-state index in [9.17, 15) is 9.59 Å². The Bertz CT molecular complexity index is 519. The van der Waals surface area contributed by atoms with Crippen LogP contribution in [0.25, 0.3) is 0 Å². The largest absolute Gasteiger partial charge is 0.366 e. The number of nitrogens with two attached hydrogens (primary N) is 2. The van der Waals surface area contributed by atoms with Crippen LogP contribution in [0.5, 0.6) is 0 Å². The topological polar surface area (TPSA) is 98.2 Å². The molecule has 0 bridgehead atoms. The minimum absolute atomic E-state index is 0.185. The SMILES string of the molecule is Cc1ccc(C(N)=O)cc1NC(=O)C1(N)CCCC1. The highest BCUT2D eigenvalue weighted by molar-refractivity contribution is 6.00. The monoisotopic (exact) mass is 261 g/mol. The van der Waals surface area contributed by atoms with Crippen molar-refractivity contribution in [2.24, 2.45) is 11.5 Å². The van der Waals surface area contributed by atoms with Gasteiger partial charge in [-0.3, -0.25) is 9.59 Å². The third kappa shape index (κ3) is 2.76. The van der Waals surface area contributed by atoms with Gasteiger partial charge in [0.25, 0.3) is 0 Å². The zero-order valence-electron chi connectivity index (χ0n) is 11.0. The summed E-state index contributed by atoms with van der Waals surface area (Å²) >= 11 is 0. The standard InChI is InChI=1S/C14H19N3O2/c1-9-4-5-10(12(15)18)8-11(9)17-13(19)14(16)6-2-3-7-14/h4-5,8H,2-3,6-7,16H2,1H3,(H2,15,18)(H,17,19). The molecule has 0 heterocycles. The van der Waals surface area contributed by atoms with E-state index in [0.717, 1.165) is 18.4 Å². The molecule has 0 radical (unpaired) electrons. The third-order valence-electron chi connectivity index (χ3n) is 3.72.